The van der Waals surface area contributed by atoms with Crippen LogP contribution in [0.4, 0.5) is 0 Å². The number of rotatable bonds is 4. The van der Waals surface area contributed by atoms with E-state index in [0.717, 1.165) is 39.0 Å². The van der Waals surface area contributed by atoms with Crippen LogP contribution in [0.15, 0.2) is 30.3 Å². The Morgan fingerprint density at radius 3 is 2.48 bits per heavy atom. The first kappa shape index (κ1) is 22.2. The lowest BCUT2D eigenvalue weighted by molar-refractivity contribution is -0.136. The van der Waals surface area contributed by atoms with E-state index in [4.69, 9.17) is 5.73 Å². The molecule has 3 atom stereocenters. The van der Waals surface area contributed by atoms with Crippen molar-refractivity contribution in [3.8, 4) is 0 Å². The summed E-state index contributed by atoms with van der Waals surface area (Å²) >= 11 is 0. The van der Waals surface area contributed by atoms with Gasteiger partial charge in [0, 0.05) is 44.7 Å². The molecule has 142 valence electrons. The third-order valence-electron chi connectivity index (χ3n) is 5.44. The summed E-state index contributed by atoms with van der Waals surface area (Å²) in [6, 6.07) is 11.1. The number of benzene rings is 1. The highest BCUT2D eigenvalue weighted by Gasteiger charge is 2.31. The molecule has 1 aliphatic carbocycles. The van der Waals surface area contributed by atoms with E-state index in [1.807, 2.05) is 0 Å². The van der Waals surface area contributed by atoms with Gasteiger partial charge in [-0.3, -0.25) is 9.69 Å². The number of piperazine rings is 1. The smallest absolute Gasteiger partial charge is 0.223 e. The monoisotopic (exact) mass is 387 g/mol. The van der Waals surface area contributed by atoms with Crippen LogP contribution in [0, 0.1) is 5.92 Å². The molecular weight excluding hydrogens is 357 g/mol. The highest BCUT2D eigenvalue weighted by molar-refractivity contribution is 5.85. The summed E-state index contributed by atoms with van der Waals surface area (Å²) in [5.41, 5.74) is 7.46. The number of carbonyl (C=O) groups is 1. The van der Waals surface area contributed by atoms with Crippen LogP contribution in [0.2, 0.25) is 0 Å². The highest BCUT2D eigenvalue weighted by Crippen LogP contribution is 2.28. The van der Waals surface area contributed by atoms with Crippen molar-refractivity contribution in [3.05, 3.63) is 35.9 Å². The van der Waals surface area contributed by atoms with Crippen LogP contribution in [0.1, 0.15) is 38.2 Å². The average molecular weight is 388 g/mol. The molecule has 2 N–H and O–H groups in total. The van der Waals surface area contributed by atoms with Crippen LogP contribution in [0.5, 0.6) is 0 Å². The van der Waals surface area contributed by atoms with E-state index in [1.165, 1.54) is 12.0 Å². The lowest BCUT2D eigenvalue weighted by Crippen LogP contribution is -2.54. The second-order valence-electron chi connectivity index (χ2n) is 7.22. The van der Waals surface area contributed by atoms with Gasteiger partial charge in [-0.05, 0) is 31.2 Å². The fraction of sp³-hybridized carbons (Fsp3) is 0.632. The van der Waals surface area contributed by atoms with Gasteiger partial charge >= 0.3 is 0 Å². The number of nitrogens with zero attached hydrogens (tertiary/aromatic N) is 2. The molecule has 1 saturated carbocycles. The third kappa shape index (κ3) is 5.85. The van der Waals surface area contributed by atoms with Gasteiger partial charge in [-0.25, -0.2) is 0 Å². The summed E-state index contributed by atoms with van der Waals surface area (Å²) in [6.07, 6.45) is 4.03. The number of halogens is 2. The standard InChI is InChI=1S/C19H29N3O.2ClH/c1-15-13-21(14-16-6-3-2-4-7-16)10-11-22(15)19(23)12-17-8-5-9-18(17)20;;/h2-4,6-7,15,17-18H,5,8-14,20H2,1H3;2*1H/t15?,17-,18+;;/m0../s1. The van der Waals surface area contributed by atoms with Crippen LogP contribution in [-0.2, 0) is 11.3 Å². The minimum atomic E-state index is 0. The van der Waals surface area contributed by atoms with Crippen molar-refractivity contribution in [2.45, 2.75) is 51.2 Å². The van der Waals surface area contributed by atoms with Gasteiger partial charge in [0.05, 0.1) is 0 Å². The molecule has 1 saturated heterocycles. The summed E-state index contributed by atoms with van der Waals surface area (Å²) in [7, 11) is 0. The van der Waals surface area contributed by atoms with Gasteiger partial charge in [-0.1, -0.05) is 36.8 Å². The van der Waals surface area contributed by atoms with E-state index in [9.17, 15) is 4.79 Å². The molecule has 2 fully saturated rings. The topological polar surface area (TPSA) is 49.6 Å². The Bertz CT molecular complexity index is 529. The van der Waals surface area contributed by atoms with Gasteiger partial charge in [0.1, 0.15) is 0 Å². The van der Waals surface area contributed by atoms with Crippen molar-refractivity contribution >= 4 is 30.7 Å². The molecule has 2 aliphatic rings. The number of amides is 1. The van der Waals surface area contributed by atoms with Gasteiger partial charge in [0.15, 0.2) is 0 Å². The maximum absolute atomic E-state index is 12.6. The zero-order valence-corrected chi connectivity index (χ0v) is 16.6. The summed E-state index contributed by atoms with van der Waals surface area (Å²) in [5.74, 6) is 0.705. The average Bonchev–Trinajstić information content (AvgIpc) is 2.93. The molecule has 25 heavy (non-hydrogen) atoms. The molecule has 0 bridgehead atoms. The largest absolute Gasteiger partial charge is 0.337 e. The summed E-state index contributed by atoms with van der Waals surface area (Å²) in [6.45, 7) is 5.90. The van der Waals surface area contributed by atoms with Crippen LogP contribution in [-0.4, -0.2) is 47.4 Å². The molecule has 1 aliphatic heterocycles. The first-order valence-corrected chi connectivity index (χ1v) is 8.95. The Morgan fingerprint density at radius 2 is 1.88 bits per heavy atom. The van der Waals surface area contributed by atoms with Crippen LogP contribution < -0.4 is 5.73 Å². The highest BCUT2D eigenvalue weighted by atomic mass is 35.5. The molecule has 1 aromatic rings. The van der Waals surface area contributed by atoms with Crippen LogP contribution >= 0.6 is 24.8 Å². The Hall–Kier alpha value is -0.810. The maximum atomic E-state index is 12.6. The number of hydrogen-bond acceptors (Lipinski definition) is 3. The van der Waals surface area contributed by atoms with E-state index in [1.54, 1.807) is 0 Å². The van der Waals surface area contributed by atoms with Gasteiger partial charge in [-0.2, -0.15) is 0 Å². The van der Waals surface area contributed by atoms with Crippen molar-refractivity contribution in [2.75, 3.05) is 19.6 Å². The van der Waals surface area contributed by atoms with E-state index in [2.05, 4.69) is 47.1 Å². The summed E-state index contributed by atoms with van der Waals surface area (Å²) < 4.78 is 0. The van der Waals surface area contributed by atoms with E-state index in [0.29, 0.717) is 18.2 Å². The molecule has 0 spiro atoms. The number of hydrogen-bond donors (Lipinski definition) is 1. The first-order valence-electron chi connectivity index (χ1n) is 8.95. The quantitative estimate of drug-likeness (QED) is 0.863. The third-order valence-corrected chi connectivity index (χ3v) is 5.44. The Labute approximate surface area is 163 Å². The van der Waals surface area contributed by atoms with Crippen LogP contribution in [0.25, 0.3) is 0 Å². The van der Waals surface area contributed by atoms with Crippen molar-refractivity contribution < 1.29 is 4.79 Å². The molecule has 1 heterocycles. The van der Waals surface area contributed by atoms with E-state index in [-0.39, 0.29) is 36.9 Å². The lowest BCUT2D eigenvalue weighted by Gasteiger charge is -2.40. The second kappa shape index (κ2) is 10.4. The summed E-state index contributed by atoms with van der Waals surface area (Å²) in [5, 5.41) is 0. The van der Waals surface area contributed by atoms with Gasteiger partial charge < -0.3 is 10.6 Å². The number of carbonyl (C=O) groups excluding carboxylic acids is 1. The predicted molar refractivity (Wildman–Crippen MR) is 107 cm³/mol. The van der Waals surface area contributed by atoms with Crippen molar-refractivity contribution in [3.63, 3.8) is 0 Å². The fourth-order valence-electron chi connectivity index (χ4n) is 4.05. The Kier molecular flexibility index (Phi) is 9.22. The molecule has 3 rings (SSSR count). The van der Waals surface area contributed by atoms with Crippen molar-refractivity contribution in [1.29, 1.82) is 0 Å². The van der Waals surface area contributed by atoms with Gasteiger partial charge in [0.2, 0.25) is 5.91 Å². The molecular formula is C19H31Cl2N3O. The molecule has 1 amide bonds. The van der Waals surface area contributed by atoms with E-state index < -0.39 is 0 Å². The second-order valence-corrected chi connectivity index (χ2v) is 7.22. The van der Waals surface area contributed by atoms with Crippen LogP contribution in [0.3, 0.4) is 0 Å². The van der Waals surface area contributed by atoms with E-state index >= 15 is 0 Å². The number of nitrogens with two attached hydrogens (primary N) is 1. The molecule has 6 heteroatoms. The van der Waals surface area contributed by atoms with Gasteiger partial charge in [-0.15, -0.1) is 24.8 Å². The Balaban J connectivity index is 0.00000156. The minimum Gasteiger partial charge on any atom is -0.337 e. The zero-order chi connectivity index (χ0) is 16.2. The summed E-state index contributed by atoms with van der Waals surface area (Å²) in [4.78, 5) is 17.2. The molecule has 1 unspecified atom stereocenters. The molecule has 1 aromatic carbocycles. The Morgan fingerprint density at radius 1 is 1.16 bits per heavy atom. The molecule has 0 radical (unpaired) electrons. The molecule has 0 aromatic heterocycles. The van der Waals surface area contributed by atoms with Crippen molar-refractivity contribution in [1.82, 2.24) is 9.80 Å². The first-order chi connectivity index (χ1) is 11.1. The lowest BCUT2D eigenvalue weighted by atomic mass is 9.98. The zero-order valence-electron chi connectivity index (χ0n) is 15.0. The minimum absolute atomic E-state index is 0. The maximum Gasteiger partial charge on any atom is 0.223 e. The van der Waals surface area contributed by atoms with Crippen molar-refractivity contribution in [2.24, 2.45) is 11.7 Å². The SMILES string of the molecule is CC1CN(Cc2ccccc2)CCN1C(=O)C[C@@H]1CCC[C@H]1N.Cl.Cl. The molecule has 4 nitrogen and oxygen atoms in total. The predicted octanol–water partition coefficient (Wildman–Crippen LogP) is 3.08. The van der Waals surface area contributed by atoms with Gasteiger partial charge in [0.25, 0.3) is 0 Å². The fourth-order valence-corrected chi connectivity index (χ4v) is 4.05. The normalized spacial score (nSPS) is 26.6.